The van der Waals surface area contributed by atoms with Crippen LogP contribution in [0.2, 0.25) is 0 Å². The molecule has 68 valence electrons. The second-order valence-corrected chi connectivity index (χ2v) is 1.90. The van der Waals surface area contributed by atoms with Crippen LogP contribution in [0.3, 0.4) is 0 Å². The summed E-state index contributed by atoms with van der Waals surface area (Å²) in [6.07, 6.45) is -3.17. The Morgan fingerprint density at radius 2 is 2.00 bits per heavy atom. The summed E-state index contributed by atoms with van der Waals surface area (Å²) in [6.45, 7) is 0. The lowest BCUT2D eigenvalue weighted by Gasteiger charge is -2.05. The monoisotopic (exact) mass is 189 g/mol. The molecule has 0 atom stereocenters. The van der Waals surface area contributed by atoms with E-state index in [9.17, 15) is 13.2 Å². The molecule has 1 aromatic heterocycles. The second-order valence-electron chi connectivity index (χ2n) is 1.90. The number of nitriles is 1. The van der Waals surface area contributed by atoms with E-state index in [-0.39, 0.29) is 5.69 Å². The van der Waals surface area contributed by atoms with Crippen LogP contribution in [-0.2, 0) is 0 Å². The summed E-state index contributed by atoms with van der Waals surface area (Å²) >= 11 is 0. The largest absolute Gasteiger partial charge is 0.574 e. The predicted molar refractivity (Wildman–Crippen MR) is 33.4 cm³/mol. The first kappa shape index (κ1) is 9.25. The molecule has 1 heterocycles. The van der Waals surface area contributed by atoms with Crippen LogP contribution in [0.1, 0.15) is 5.69 Å². The molecule has 0 amide bonds. The number of aromatic nitrogens is 2. The van der Waals surface area contributed by atoms with Crippen molar-refractivity contribution in [1.82, 2.24) is 9.97 Å². The zero-order valence-corrected chi connectivity index (χ0v) is 6.04. The molecule has 7 heteroatoms. The number of rotatable bonds is 1. The second kappa shape index (κ2) is 3.26. The molecule has 4 nitrogen and oxygen atoms in total. The van der Waals surface area contributed by atoms with Crippen molar-refractivity contribution in [2.24, 2.45) is 0 Å². The Balaban J connectivity index is 2.77. The Kier molecular flexibility index (Phi) is 2.32. The molecule has 0 fully saturated rings. The van der Waals surface area contributed by atoms with Crippen LogP contribution in [0.5, 0.6) is 5.88 Å². The summed E-state index contributed by atoms with van der Waals surface area (Å²) in [5.41, 5.74) is -0.0745. The van der Waals surface area contributed by atoms with Gasteiger partial charge in [0.1, 0.15) is 6.07 Å². The molecule has 0 aromatic carbocycles. The first-order valence-electron chi connectivity index (χ1n) is 2.99. The van der Waals surface area contributed by atoms with E-state index in [1.165, 1.54) is 0 Å². The maximum absolute atomic E-state index is 11.6. The molecule has 0 N–H and O–H groups in total. The Morgan fingerprint density at radius 3 is 2.38 bits per heavy atom. The van der Waals surface area contributed by atoms with Crippen LogP contribution < -0.4 is 4.74 Å². The van der Waals surface area contributed by atoms with Crippen molar-refractivity contribution in [2.45, 2.75) is 6.36 Å². The number of ether oxygens (including phenoxy) is 1. The van der Waals surface area contributed by atoms with Gasteiger partial charge in [0.25, 0.3) is 0 Å². The minimum atomic E-state index is -4.79. The average Bonchev–Trinajstić information content (AvgIpc) is 2.03. The molecule has 1 aromatic rings. The van der Waals surface area contributed by atoms with Crippen LogP contribution in [-0.4, -0.2) is 16.3 Å². The third kappa shape index (κ3) is 2.94. The Hall–Kier alpha value is -1.84. The molecular weight excluding hydrogens is 187 g/mol. The normalized spacial score (nSPS) is 10.6. The van der Waals surface area contributed by atoms with Gasteiger partial charge in [-0.1, -0.05) is 0 Å². The molecule has 0 unspecified atom stereocenters. The van der Waals surface area contributed by atoms with Crippen molar-refractivity contribution in [3.8, 4) is 11.9 Å². The van der Waals surface area contributed by atoms with Gasteiger partial charge in [-0.05, 0) is 0 Å². The maximum Gasteiger partial charge on any atom is 0.574 e. The van der Waals surface area contributed by atoms with Crippen LogP contribution in [0.25, 0.3) is 0 Å². The third-order valence-electron chi connectivity index (χ3n) is 0.963. The van der Waals surface area contributed by atoms with E-state index in [4.69, 9.17) is 5.26 Å². The Bertz CT molecular complexity index is 326. The van der Waals surface area contributed by atoms with Gasteiger partial charge in [0.05, 0.1) is 12.4 Å². The third-order valence-corrected chi connectivity index (χ3v) is 0.963. The number of halogens is 3. The van der Waals surface area contributed by atoms with Gasteiger partial charge in [0, 0.05) is 0 Å². The molecule has 0 bridgehead atoms. The average molecular weight is 189 g/mol. The summed E-state index contributed by atoms with van der Waals surface area (Å²) in [7, 11) is 0. The lowest BCUT2D eigenvalue weighted by molar-refractivity contribution is -0.276. The fourth-order valence-corrected chi connectivity index (χ4v) is 0.545. The molecule has 0 saturated carbocycles. The summed E-state index contributed by atoms with van der Waals surface area (Å²) < 4.78 is 38.1. The fourth-order valence-electron chi connectivity index (χ4n) is 0.545. The number of hydrogen-bond acceptors (Lipinski definition) is 4. The van der Waals surface area contributed by atoms with Gasteiger partial charge in [0.2, 0.25) is 5.88 Å². The van der Waals surface area contributed by atoms with Crippen LogP contribution in [0.15, 0.2) is 12.4 Å². The van der Waals surface area contributed by atoms with Gasteiger partial charge in [-0.2, -0.15) is 5.26 Å². The molecule has 0 saturated heterocycles. The quantitative estimate of drug-likeness (QED) is 0.666. The SMILES string of the molecule is N#Cc1cnc(OC(F)(F)F)cn1. The lowest BCUT2D eigenvalue weighted by Crippen LogP contribution is -2.18. The van der Waals surface area contributed by atoms with Gasteiger partial charge in [-0.3, -0.25) is 0 Å². The minimum Gasteiger partial charge on any atom is -0.386 e. The predicted octanol–water partition coefficient (Wildman–Crippen LogP) is 1.25. The molecule has 0 aliphatic heterocycles. The van der Waals surface area contributed by atoms with E-state index in [0.717, 1.165) is 12.4 Å². The molecule has 0 radical (unpaired) electrons. The van der Waals surface area contributed by atoms with Crippen molar-refractivity contribution in [3.05, 3.63) is 18.1 Å². The first-order chi connectivity index (χ1) is 6.01. The Labute approximate surface area is 70.6 Å². The summed E-state index contributed by atoms with van der Waals surface area (Å²) in [4.78, 5) is 6.54. The smallest absolute Gasteiger partial charge is 0.386 e. The van der Waals surface area contributed by atoms with Crippen molar-refractivity contribution in [2.75, 3.05) is 0 Å². The van der Waals surface area contributed by atoms with E-state index in [1.807, 2.05) is 0 Å². The zero-order valence-electron chi connectivity index (χ0n) is 6.04. The first-order valence-corrected chi connectivity index (χ1v) is 2.99. The molecule has 0 spiro atoms. The van der Waals surface area contributed by atoms with Gasteiger partial charge in [-0.15, -0.1) is 13.2 Å². The highest BCUT2D eigenvalue weighted by Crippen LogP contribution is 2.19. The van der Waals surface area contributed by atoms with Gasteiger partial charge in [0.15, 0.2) is 5.69 Å². The van der Waals surface area contributed by atoms with Crippen LogP contribution in [0, 0.1) is 11.3 Å². The topological polar surface area (TPSA) is 58.8 Å². The van der Waals surface area contributed by atoms with Gasteiger partial charge < -0.3 is 4.74 Å². The van der Waals surface area contributed by atoms with Crippen molar-refractivity contribution >= 4 is 0 Å². The van der Waals surface area contributed by atoms with E-state index < -0.39 is 12.2 Å². The summed E-state index contributed by atoms with van der Waals surface area (Å²) in [5, 5.41) is 8.25. The molecule has 13 heavy (non-hydrogen) atoms. The van der Waals surface area contributed by atoms with Gasteiger partial charge in [-0.25, -0.2) is 9.97 Å². The maximum atomic E-state index is 11.6. The van der Waals surface area contributed by atoms with Crippen molar-refractivity contribution in [3.63, 3.8) is 0 Å². The van der Waals surface area contributed by atoms with Crippen LogP contribution in [0.4, 0.5) is 13.2 Å². The van der Waals surface area contributed by atoms with E-state index in [0.29, 0.717) is 0 Å². The minimum absolute atomic E-state index is 0.0745. The highest BCUT2D eigenvalue weighted by Gasteiger charge is 2.31. The summed E-state index contributed by atoms with van der Waals surface area (Å²) in [5.74, 6) is -0.688. The number of nitrogens with zero attached hydrogens (tertiary/aromatic N) is 3. The van der Waals surface area contributed by atoms with E-state index in [1.54, 1.807) is 6.07 Å². The molecular formula is C6H2F3N3O. The van der Waals surface area contributed by atoms with E-state index >= 15 is 0 Å². The zero-order chi connectivity index (χ0) is 9.90. The highest BCUT2D eigenvalue weighted by molar-refractivity contribution is 5.18. The van der Waals surface area contributed by atoms with Crippen molar-refractivity contribution < 1.29 is 17.9 Å². The van der Waals surface area contributed by atoms with E-state index in [2.05, 4.69) is 14.7 Å². The fraction of sp³-hybridized carbons (Fsp3) is 0.167. The molecule has 0 aliphatic rings. The van der Waals surface area contributed by atoms with Crippen LogP contribution >= 0.6 is 0 Å². The Morgan fingerprint density at radius 1 is 1.31 bits per heavy atom. The van der Waals surface area contributed by atoms with Crippen molar-refractivity contribution in [1.29, 1.82) is 5.26 Å². The number of hydrogen-bond donors (Lipinski definition) is 0. The highest BCUT2D eigenvalue weighted by atomic mass is 19.4. The molecule has 1 rings (SSSR count). The summed E-state index contributed by atoms with van der Waals surface area (Å²) in [6, 6.07) is 1.61. The molecule has 0 aliphatic carbocycles. The number of alkyl halides is 3. The van der Waals surface area contributed by atoms with Gasteiger partial charge >= 0.3 is 6.36 Å². The lowest BCUT2D eigenvalue weighted by atomic mass is 10.5. The standard InChI is InChI=1S/C6H2F3N3O/c7-6(8,9)13-5-3-11-4(1-10)2-12-5/h2-3H.